The van der Waals surface area contributed by atoms with E-state index >= 15 is 0 Å². The van der Waals surface area contributed by atoms with Crippen molar-refractivity contribution in [2.75, 3.05) is 6.61 Å². The summed E-state index contributed by atoms with van der Waals surface area (Å²) in [6, 6.07) is -0.446. The second-order valence-electron chi connectivity index (χ2n) is 5.42. The van der Waals surface area contributed by atoms with Gasteiger partial charge in [0.15, 0.2) is 0 Å². The largest absolute Gasteiger partial charge is 0.464 e. The first-order valence-electron chi connectivity index (χ1n) is 6.54. The second-order valence-corrected chi connectivity index (χ2v) is 5.42. The molecule has 0 aromatic rings. The molecule has 0 bridgehead atoms. The van der Waals surface area contributed by atoms with Gasteiger partial charge in [-0.25, -0.2) is 4.79 Å². The van der Waals surface area contributed by atoms with Gasteiger partial charge in [0.25, 0.3) is 0 Å². The number of esters is 1. The fourth-order valence-electron chi connectivity index (χ4n) is 3.34. The first kappa shape index (κ1) is 12.4. The van der Waals surface area contributed by atoms with Crippen molar-refractivity contribution < 1.29 is 14.3 Å². The summed E-state index contributed by atoms with van der Waals surface area (Å²) in [5.41, 5.74) is -0.250. The molecule has 2 atom stereocenters. The van der Waals surface area contributed by atoms with Gasteiger partial charge in [0.2, 0.25) is 5.91 Å². The molecule has 0 radical (unpaired) electrons. The summed E-state index contributed by atoms with van der Waals surface area (Å²) in [5, 5.41) is 2.79. The maximum atomic E-state index is 11.9. The van der Waals surface area contributed by atoms with Crippen LogP contribution in [-0.2, 0) is 14.3 Å². The number of hydrogen-bond acceptors (Lipinski definition) is 3. The third-order valence-corrected chi connectivity index (χ3v) is 4.32. The molecule has 0 aromatic carbocycles. The molecular formula is C13H21NO3. The molecule has 1 N–H and O–H groups in total. The zero-order valence-electron chi connectivity index (χ0n) is 10.6. The molecule has 2 rings (SSSR count). The fourth-order valence-corrected chi connectivity index (χ4v) is 3.34. The minimum atomic E-state index is -0.446. The van der Waals surface area contributed by atoms with Crippen LogP contribution in [0.2, 0.25) is 0 Å². The monoisotopic (exact) mass is 239 g/mol. The van der Waals surface area contributed by atoms with Crippen molar-refractivity contribution in [2.45, 2.75) is 52.0 Å². The lowest BCUT2D eigenvalue weighted by Crippen LogP contribution is -2.46. The van der Waals surface area contributed by atoms with E-state index in [0.29, 0.717) is 18.9 Å². The second kappa shape index (κ2) is 4.67. The molecule has 2 fully saturated rings. The van der Waals surface area contributed by atoms with Gasteiger partial charge >= 0.3 is 5.97 Å². The van der Waals surface area contributed by atoms with Crippen LogP contribution in [0.3, 0.4) is 0 Å². The van der Waals surface area contributed by atoms with Crippen LogP contribution in [0.25, 0.3) is 0 Å². The van der Waals surface area contributed by atoms with Gasteiger partial charge in [0.05, 0.1) is 6.61 Å². The quantitative estimate of drug-likeness (QED) is 0.762. The summed E-state index contributed by atoms with van der Waals surface area (Å²) in [5.74, 6) is 0.182. The Morgan fingerprint density at radius 2 is 2.12 bits per heavy atom. The Morgan fingerprint density at radius 3 is 2.71 bits per heavy atom. The van der Waals surface area contributed by atoms with E-state index in [0.717, 1.165) is 12.8 Å². The average molecular weight is 239 g/mol. The topological polar surface area (TPSA) is 55.4 Å². The number of amides is 1. The van der Waals surface area contributed by atoms with Crippen LogP contribution in [0.4, 0.5) is 0 Å². The van der Waals surface area contributed by atoms with Crippen molar-refractivity contribution in [3.63, 3.8) is 0 Å². The van der Waals surface area contributed by atoms with Crippen LogP contribution in [-0.4, -0.2) is 24.5 Å². The van der Waals surface area contributed by atoms with Gasteiger partial charge in [-0.05, 0) is 25.7 Å². The fraction of sp³-hybridized carbons (Fsp3) is 0.846. The maximum absolute atomic E-state index is 11.9. The highest BCUT2D eigenvalue weighted by Crippen LogP contribution is 2.47. The van der Waals surface area contributed by atoms with Gasteiger partial charge in [0.1, 0.15) is 6.04 Å². The first-order valence-corrected chi connectivity index (χ1v) is 6.54. The van der Waals surface area contributed by atoms with E-state index in [1.54, 1.807) is 6.92 Å². The van der Waals surface area contributed by atoms with E-state index in [9.17, 15) is 9.59 Å². The molecular weight excluding hydrogens is 218 g/mol. The summed E-state index contributed by atoms with van der Waals surface area (Å²) < 4.78 is 5.08. The Labute approximate surface area is 102 Å². The normalized spacial score (nSPS) is 33.8. The minimum absolute atomic E-state index is 0.0162. The summed E-state index contributed by atoms with van der Waals surface area (Å²) in [7, 11) is 0. The minimum Gasteiger partial charge on any atom is -0.464 e. The van der Waals surface area contributed by atoms with E-state index < -0.39 is 6.04 Å². The third-order valence-electron chi connectivity index (χ3n) is 4.32. The van der Waals surface area contributed by atoms with Gasteiger partial charge < -0.3 is 10.1 Å². The van der Waals surface area contributed by atoms with Crippen LogP contribution >= 0.6 is 0 Å². The lowest BCUT2D eigenvalue weighted by molar-refractivity contribution is -0.149. The Hall–Kier alpha value is -1.06. The molecule has 0 aromatic heterocycles. The molecule has 2 unspecified atom stereocenters. The zero-order valence-corrected chi connectivity index (χ0v) is 10.6. The van der Waals surface area contributed by atoms with E-state index in [1.165, 1.54) is 12.8 Å². The zero-order chi connectivity index (χ0) is 12.5. The third kappa shape index (κ3) is 2.17. The van der Waals surface area contributed by atoms with Crippen molar-refractivity contribution in [3.05, 3.63) is 0 Å². The van der Waals surface area contributed by atoms with Crippen LogP contribution in [0.5, 0.6) is 0 Å². The highest BCUT2D eigenvalue weighted by Gasteiger charge is 2.52. The van der Waals surface area contributed by atoms with Crippen LogP contribution in [0.1, 0.15) is 46.0 Å². The van der Waals surface area contributed by atoms with Gasteiger partial charge in [-0.1, -0.05) is 19.8 Å². The molecule has 1 aliphatic carbocycles. The van der Waals surface area contributed by atoms with Gasteiger partial charge in [0, 0.05) is 11.8 Å². The molecule has 0 spiro atoms. The van der Waals surface area contributed by atoms with Gasteiger partial charge in [-0.2, -0.15) is 0 Å². The molecule has 2 aliphatic rings. The molecule has 17 heavy (non-hydrogen) atoms. The number of nitrogens with one attached hydrogen (secondary N) is 1. The highest BCUT2D eigenvalue weighted by atomic mass is 16.5. The maximum Gasteiger partial charge on any atom is 0.329 e. The van der Waals surface area contributed by atoms with Crippen LogP contribution in [0.15, 0.2) is 0 Å². The predicted octanol–water partition coefficient (Wildman–Crippen LogP) is 1.63. The number of rotatable bonds is 3. The number of carbonyl (C=O) groups excluding carboxylic acids is 2. The van der Waals surface area contributed by atoms with E-state index in [1.807, 2.05) is 0 Å². The predicted molar refractivity (Wildman–Crippen MR) is 63.2 cm³/mol. The number of ether oxygens (including phenoxy) is 1. The highest BCUT2D eigenvalue weighted by molar-refractivity contribution is 5.90. The van der Waals surface area contributed by atoms with Gasteiger partial charge in [-0.3, -0.25) is 4.79 Å². The van der Waals surface area contributed by atoms with Crippen molar-refractivity contribution in [1.82, 2.24) is 5.32 Å². The van der Waals surface area contributed by atoms with Crippen molar-refractivity contribution >= 4 is 11.9 Å². The van der Waals surface area contributed by atoms with Crippen molar-refractivity contribution in [2.24, 2.45) is 11.3 Å². The standard InChI is InChI=1S/C13H21NO3/c1-3-17-12(16)11-13(2,8-10(15)14-11)9-6-4-5-7-9/h9,11H,3-8H2,1-2H3,(H,14,15). The number of hydrogen-bond donors (Lipinski definition) is 1. The molecule has 1 saturated heterocycles. The van der Waals surface area contributed by atoms with Crippen LogP contribution < -0.4 is 5.32 Å². The summed E-state index contributed by atoms with van der Waals surface area (Å²) in [6.45, 7) is 4.22. The molecule has 96 valence electrons. The molecule has 4 heteroatoms. The molecule has 1 aliphatic heterocycles. The molecule has 4 nitrogen and oxygen atoms in total. The Morgan fingerprint density at radius 1 is 1.47 bits per heavy atom. The summed E-state index contributed by atoms with van der Waals surface area (Å²) in [6.07, 6.45) is 5.14. The van der Waals surface area contributed by atoms with Gasteiger partial charge in [-0.15, -0.1) is 0 Å². The van der Waals surface area contributed by atoms with Crippen LogP contribution in [0, 0.1) is 11.3 Å². The first-order chi connectivity index (χ1) is 8.08. The summed E-state index contributed by atoms with van der Waals surface area (Å²) >= 11 is 0. The Bertz CT molecular complexity index is 323. The van der Waals surface area contributed by atoms with Crippen molar-refractivity contribution in [1.29, 1.82) is 0 Å². The van der Waals surface area contributed by atoms with E-state index in [2.05, 4.69) is 12.2 Å². The summed E-state index contributed by atoms with van der Waals surface area (Å²) in [4.78, 5) is 23.5. The lowest BCUT2D eigenvalue weighted by atomic mass is 9.70. The Kier molecular flexibility index (Phi) is 3.40. The lowest BCUT2D eigenvalue weighted by Gasteiger charge is -2.34. The molecule has 1 heterocycles. The number of carbonyl (C=O) groups is 2. The SMILES string of the molecule is CCOC(=O)C1NC(=O)CC1(C)C1CCCC1. The van der Waals surface area contributed by atoms with E-state index in [4.69, 9.17) is 4.74 Å². The average Bonchev–Trinajstić information content (AvgIpc) is 2.87. The van der Waals surface area contributed by atoms with E-state index in [-0.39, 0.29) is 17.3 Å². The molecule has 1 amide bonds. The smallest absolute Gasteiger partial charge is 0.329 e. The van der Waals surface area contributed by atoms with Crippen molar-refractivity contribution in [3.8, 4) is 0 Å². The Balaban J connectivity index is 2.17. The molecule has 1 saturated carbocycles.